The molecule has 156 valence electrons. The van der Waals surface area contributed by atoms with Gasteiger partial charge in [-0.2, -0.15) is 5.26 Å². The van der Waals surface area contributed by atoms with Crippen molar-refractivity contribution in [1.29, 1.82) is 5.26 Å². The fourth-order valence-electron chi connectivity index (χ4n) is 3.31. The Labute approximate surface area is 180 Å². The zero-order chi connectivity index (χ0) is 21.8. The van der Waals surface area contributed by atoms with Crippen molar-refractivity contribution in [2.45, 2.75) is 24.4 Å². The van der Waals surface area contributed by atoms with Gasteiger partial charge in [0.05, 0.1) is 22.3 Å². The molecule has 6 nitrogen and oxygen atoms in total. The topological polar surface area (TPSA) is 87.4 Å². The van der Waals surface area contributed by atoms with Crippen LogP contribution in [0.25, 0.3) is 22.3 Å². The Bertz CT molecular complexity index is 1310. The van der Waals surface area contributed by atoms with Crippen LogP contribution in [0.1, 0.15) is 24.0 Å². The summed E-state index contributed by atoms with van der Waals surface area (Å²) in [5, 5.41) is 9.73. The van der Waals surface area contributed by atoms with E-state index in [9.17, 15) is 18.8 Å². The minimum Gasteiger partial charge on any atom is -0.306 e. The number of nitrogens with zero attached hydrogens (tertiary/aromatic N) is 4. The number of hydrogen-bond acceptors (Lipinski definition) is 5. The van der Waals surface area contributed by atoms with Gasteiger partial charge >= 0.3 is 5.69 Å². The summed E-state index contributed by atoms with van der Waals surface area (Å²) in [4.78, 5) is 23.4. The molecule has 31 heavy (non-hydrogen) atoms. The Morgan fingerprint density at radius 1 is 1.23 bits per heavy atom. The second-order valence-corrected chi connectivity index (χ2v) is 7.82. The molecular weight excluding hydrogens is 420 g/mol. The van der Waals surface area contributed by atoms with Gasteiger partial charge in [-0.3, -0.25) is 9.55 Å². The van der Waals surface area contributed by atoms with Crippen LogP contribution in [0.4, 0.5) is 8.78 Å². The lowest BCUT2D eigenvalue weighted by Crippen LogP contribution is -2.17. The number of pyridine rings is 2. The average molecular weight is 437 g/mol. The van der Waals surface area contributed by atoms with Crippen molar-refractivity contribution in [3.63, 3.8) is 0 Å². The van der Waals surface area contributed by atoms with Crippen molar-refractivity contribution in [1.82, 2.24) is 19.5 Å². The smallest absolute Gasteiger partial charge is 0.306 e. The minimum absolute atomic E-state index is 0.114. The number of fused-ring (bicyclic) bond motifs is 1. The number of hydrogen-bond donors (Lipinski definition) is 1. The van der Waals surface area contributed by atoms with Crippen molar-refractivity contribution >= 4 is 22.8 Å². The second-order valence-electron chi connectivity index (χ2n) is 6.73. The Morgan fingerprint density at radius 3 is 2.81 bits per heavy atom. The number of para-hydroxylation sites is 2. The standard InChI is InChI=1S/C22H17F2N5OS/c23-20(24)15-11-18(14-5-3-8-26-13-14)27-21(16(15)12-25)31-10-4-9-29-19-7-2-1-6-17(19)28-22(29)30/h1-3,5-8,11,13,20H,4,9-10H2,(H,28,30). The van der Waals surface area contributed by atoms with Gasteiger partial charge in [-0.1, -0.05) is 12.1 Å². The van der Waals surface area contributed by atoms with Gasteiger partial charge < -0.3 is 4.98 Å². The molecule has 1 N–H and O–H groups in total. The van der Waals surface area contributed by atoms with E-state index in [4.69, 9.17) is 0 Å². The number of nitrogens with one attached hydrogen (secondary N) is 1. The van der Waals surface area contributed by atoms with E-state index >= 15 is 0 Å². The van der Waals surface area contributed by atoms with E-state index in [0.29, 0.717) is 30.0 Å². The van der Waals surface area contributed by atoms with Crippen molar-refractivity contribution < 1.29 is 8.78 Å². The van der Waals surface area contributed by atoms with Gasteiger partial charge in [0, 0.05) is 35.8 Å². The first-order valence-corrected chi connectivity index (χ1v) is 10.5. The number of aromatic nitrogens is 4. The van der Waals surface area contributed by atoms with E-state index in [0.717, 1.165) is 11.0 Å². The van der Waals surface area contributed by atoms with E-state index in [1.165, 1.54) is 17.8 Å². The SMILES string of the molecule is N#Cc1c(C(F)F)cc(-c2cccnc2)nc1SCCCn1c(=O)[nH]c2ccccc21. The first kappa shape index (κ1) is 20.8. The molecule has 3 heterocycles. The molecule has 0 atom stereocenters. The second kappa shape index (κ2) is 9.10. The minimum atomic E-state index is -2.79. The van der Waals surface area contributed by atoms with E-state index in [1.54, 1.807) is 29.1 Å². The highest BCUT2D eigenvalue weighted by Gasteiger charge is 2.20. The number of alkyl halides is 2. The molecule has 0 unspecified atom stereocenters. The van der Waals surface area contributed by atoms with E-state index in [2.05, 4.69) is 15.0 Å². The molecule has 3 aromatic heterocycles. The molecule has 0 aliphatic carbocycles. The lowest BCUT2D eigenvalue weighted by atomic mass is 10.1. The van der Waals surface area contributed by atoms with Gasteiger partial charge in [-0.25, -0.2) is 18.6 Å². The summed E-state index contributed by atoms with van der Waals surface area (Å²) in [5.41, 5.74) is 1.87. The number of H-pyrrole nitrogens is 1. The fourth-order valence-corrected chi connectivity index (χ4v) is 4.25. The molecule has 0 spiro atoms. The quantitative estimate of drug-likeness (QED) is 0.332. The van der Waals surface area contributed by atoms with Crippen LogP contribution in [0.2, 0.25) is 0 Å². The van der Waals surface area contributed by atoms with Crippen LogP contribution < -0.4 is 5.69 Å². The lowest BCUT2D eigenvalue weighted by molar-refractivity contribution is 0.150. The van der Waals surface area contributed by atoms with Crippen LogP contribution in [-0.4, -0.2) is 25.3 Å². The highest BCUT2D eigenvalue weighted by Crippen LogP contribution is 2.33. The maximum absolute atomic E-state index is 13.6. The van der Waals surface area contributed by atoms with Gasteiger partial charge in [0.1, 0.15) is 11.1 Å². The molecule has 0 saturated heterocycles. The Morgan fingerprint density at radius 2 is 2.06 bits per heavy atom. The summed E-state index contributed by atoms with van der Waals surface area (Å²) in [6, 6.07) is 14.0. The molecule has 0 bridgehead atoms. The van der Waals surface area contributed by atoms with E-state index in [-0.39, 0.29) is 21.8 Å². The monoisotopic (exact) mass is 437 g/mol. The number of imidazole rings is 1. The Balaban J connectivity index is 1.56. The van der Waals surface area contributed by atoms with Gasteiger partial charge in [0.2, 0.25) is 0 Å². The van der Waals surface area contributed by atoms with Crippen LogP contribution in [-0.2, 0) is 6.54 Å². The third-order valence-electron chi connectivity index (χ3n) is 4.77. The van der Waals surface area contributed by atoms with Crippen molar-refractivity contribution in [3.05, 3.63) is 76.5 Å². The fraction of sp³-hybridized carbons (Fsp3) is 0.182. The third-order valence-corrected chi connectivity index (χ3v) is 5.83. The molecule has 0 fully saturated rings. The summed E-state index contributed by atoms with van der Waals surface area (Å²) in [7, 11) is 0. The van der Waals surface area contributed by atoms with Gasteiger partial charge in [0.25, 0.3) is 6.43 Å². The lowest BCUT2D eigenvalue weighted by Gasteiger charge is -2.11. The first-order valence-electron chi connectivity index (χ1n) is 9.52. The van der Waals surface area contributed by atoms with E-state index in [1.807, 2.05) is 30.3 Å². The Kier molecular flexibility index (Phi) is 6.09. The average Bonchev–Trinajstić information content (AvgIpc) is 3.11. The van der Waals surface area contributed by atoms with E-state index < -0.39 is 6.43 Å². The van der Waals surface area contributed by atoms with Crippen LogP contribution in [0, 0.1) is 11.3 Å². The molecule has 0 aliphatic heterocycles. The number of halogens is 2. The zero-order valence-corrected chi connectivity index (χ0v) is 17.1. The number of thioether (sulfide) groups is 1. The summed E-state index contributed by atoms with van der Waals surface area (Å²) < 4.78 is 28.9. The molecule has 0 radical (unpaired) electrons. The molecule has 4 aromatic rings. The molecule has 4 rings (SSSR count). The normalized spacial score (nSPS) is 11.2. The van der Waals surface area contributed by atoms with Crippen LogP contribution in [0.5, 0.6) is 0 Å². The maximum atomic E-state index is 13.6. The predicted octanol–water partition coefficient (Wildman–Crippen LogP) is 4.78. The van der Waals surface area contributed by atoms with Crippen LogP contribution >= 0.6 is 11.8 Å². The molecule has 9 heteroatoms. The van der Waals surface area contributed by atoms with Crippen LogP contribution in [0.15, 0.2) is 64.7 Å². The largest absolute Gasteiger partial charge is 0.326 e. The highest BCUT2D eigenvalue weighted by molar-refractivity contribution is 7.99. The number of rotatable bonds is 7. The highest BCUT2D eigenvalue weighted by atomic mass is 32.2. The number of aryl methyl sites for hydroxylation is 1. The van der Waals surface area contributed by atoms with Crippen molar-refractivity contribution in [2.75, 3.05) is 5.75 Å². The third kappa shape index (κ3) is 4.34. The van der Waals surface area contributed by atoms with Crippen LogP contribution in [0.3, 0.4) is 0 Å². The maximum Gasteiger partial charge on any atom is 0.326 e. The molecule has 0 amide bonds. The molecule has 0 saturated carbocycles. The van der Waals surface area contributed by atoms with Crippen molar-refractivity contribution in [3.8, 4) is 17.3 Å². The van der Waals surface area contributed by atoms with Crippen molar-refractivity contribution in [2.24, 2.45) is 0 Å². The van der Waals surface area contributed by atoms with Gasteiger partial charge in [-0.15, -0.1) is 11.8 Å². The number of benzene rings is 1. The molecule has 1 aromatic carbocycles. The van der Waals surface area contributed by atoms with Gasteiger partial charge in [-0.05, 0) is 36.8 Å². The van der Waals surface area contributed by atoms with Gasteiger partial charge in [0.15, 0.2) is 0 Å². The number of nitriles is 1. The summed E-state index contributed by atoms with van der Waals surface area (Å²) in [6.45, 7) is 0.460. The summed E-state index contributed by atoms with van der Waals surface area (Å²) in [5.74, 6) is 0.507. The summed E-state index contributed by atoms with van der Waals surface area (Å²) in [6.07, 6.45) is 0.933. The number of aromatic amines is 1. The first-order chi connectivity index (χ1) is 15.1. The summed E-state index contributed by atoms with van der Waals surface area (Å²) >= 11 is 1.23. The molecule has 0 aliphatic rings. The molecular formula is C22H17F2N5OS. The predicted molar refractivity (Wildman–Crippen MR) is 115 cm³/mol. The Hall–Kier alpha value is -3.51. The zero-order valence-electron chi connectivity index (χ0n) is 16.3.